The van der Waals surface area contributed by atoms with Crippen molar-refractivity contribution in [2.45, 2.75) is 37.8 Å². The number of hydrogen-bond acceptors (Lipinski definition) is 11. The van der Waals surface area contributed by atoms with Crippen molar-refractivity contribution in [2.75, 3.05) is 18.1 Å². The highest BCUT2D eigenvalue weighted by Crippen LogP contribution is 2.40. The Hall–Kier alpha value is -3.10. The van der Waals surface area contributed by atoms with Gasteiger partial charge >= 0.3 is 11.9 Å². The standard InChI is InChI=1S/C20H22ClN5O7S2/c1-20(2,3)33-11(27)6-32-25-12(10-8-35-19(22)23-10)15(28)24-13-16(29)26-14(18(30)31)9(4-5-21)7-34-17(13)26/h4-5,8,13,17H,6-7H2,1-3H3,(H2,22,23)(H,24,28)(H,30,31)/b5-4+,25-12-/t13?,17-/m1/s1. The van der Waals surface area contributed by atoms with Crippen molar-refractivity contribution in [2.24, 2.45) is 5.16 Å². The molecule has 15 heteroatoms. The first-order chi connectivity index (χ1) is 16.4. The number of thiazole rings is 1. The molecule has 4 N–H and O–H groups in total. The largest absolute Gasteiger partial charge is 0.477 e. The third kappa shape index (κ3) is 6.13. The minimum atomic E-state index is -1.28. The summed E-state index contributed by atoms with van der Waals surface area (Å²) >= 11 is 7.91. The van der Waals surface area contributed by atoms with Gasteiger partial charge in [0.15, 0.2) is 10.8 Å². The molecule has 0 aliphatic carbocycles. The van der Waals surface area contributed by atoms with Gasteiger partial charge in [-0.25, -0.2) is 14.6 Å². The molecule has 1 unspecified atom stereocenters. The van der Waals surface area contributed by atoms with Crippen LogP contribution in [0.4, 0.5) is 5.13 Å². The van der Waals surface area contributed by atoms with Crippen LogP contribution in [0.3, 0.4) is 0 Å². The van der Waals surface area contributed by atoms with E-state index in [0.29, 0.717) is 5.57 Å². The Labute approximate surface area is 213 Å². The number of nitrogen functional groups attached to an aromatic ring is 1. The summed E-state index contributed by atoms with van der Waals surface area (Å²) in [5, 5.41) is 16.8. The maximum absolute atomic E-state index is 13.0. The third-order valence-corrected chi connectivity index (χ3v) is 6.59. The van der Waals surface area contributed by atoms with E-state index in [1.54, 1.807) is 20.8 Å². The lowest BCUT2D eigenvalue weighted by Crippen LogP contribution is -2.71. The summed E-state index contributed by atoms with van der Waals surface area (Å²) in [6.07, 6.45) is 1.41. The third-order valence-electron chi connectivity index (χ3n) is 4.49. The van der Waals surface area contributed by atoms with Gasteiger partial charge in [0.05, 0.1) is 0 Å². The second kappa shape index (κ2) is 10.7. The number of carboxylic acid groups (broad SMARTS) is 1. The molecule has 35 heavy (non-hydrogen) atoms. The number of aliphatic carboxylic acids is 1. The van der Waals surface area contributed by atoms with Crippen molar-refractivity contribution in [1.82, 2.24) is 15.2 Å². The molecule has 2 atom stereocenters. The lowest BCUT2D eigenvalue weighted by atomic mass is 10.0. The van der Waals surface area contributed by atoms with Crippen molar-refractivity contribution in [3.63, 3.8) is 0 Å². The molecule has 1 aromatic rings. The number of carbonyl (C=O) groups excluding carboxylic acids is 3. The average molecular weight is 544 g/mol. The number of thioether (sulfide) groups is 1. The van der Waals surface area contributed by atoms with E-state index in [9.17, 15) is 24.3 Å². The van der Waals surface area contributed by atoms with Crippen LogP contribution in [-0.4, -0.2) is 73.8 Å². The van der Waals surface area contributed by atoms with E-state index in [2.05, 4.69) is 15.5 Å². The van der Waals surface area contributed by atoms with E-state index in [4.69, 9.17) is 26.9 Å². The number of β-lactam (4-membered cyclic amide) rings is 1. The van der Waals surface area contributed by atoms with E-state index in [1.165, 1.54) is 28.8 Å². The quantitative estimate of drug-likeness (QED) is 0.187. The van der Waals surface area contributed by atoms with Crippen LogP contribution in [-0.2, 0) is 28.8 Å². The Morgan fingerprint density at radius 1 is 1.43 bits per heavy atom. The number of nitrogens with two attached hydrogens (primary N) is 1. The fourth-order valence-corrected chi connectivity index (χ4v) is 5.20. The zero-order valence-electron chi connectivity index (χ0n) is 18.8. The summed E-state index contributed by atoms with van der Waals surface area (Å²) in [7, 11) is 0. The van der Waals surface area contributed by atoms with Crippen molar-refractivity contribution >= 4 is 69.3 Å². The van der Waals surface area contributed by atoms with Crippen molar-refractivity contribution < 1.29 is 33.9 Å². The fraction of sp³-hybridized carbons (Fsp3) is 0.400. The summed E-state index contributed by atoms with van der Waals surface area (Å²) < 4.78 is 5.12. The molecule has 1 saturated heterocycles. The van der Waals surface area contributed by atoms with Crippen LogP contribution < -0.4 is 11.1 Å². The number of nitrogens with zero attached hydrogens (tertiary/aromatic N) is 3. The molecular weight excluding hydrogens is 522 g/mol. The first-order valence-electron chi connectivity index (χ1n) is 10.0. The smallest absolute Gasteiger partial charge is 0.352 e. The van der Waals surface area contributed by atoms with Gasteiger partial charge in [-0.2, -0.15) is 0 Å². The second-order valence-corrected chi connectivity index (χ2v) is 10.5. The number of ether oxygens (including phenoxy) is 1. The molecule has 0 radical (unpaired) electrons. The Balaban J connectivity index is 1.76. The van der Waals surface area contributed by atoms with Crippen molar-refractivity contribution in [1.29, 1.82) is 0 Å². The first-order valence-corrected chi connectivity index (χ1v) is 12.4. The van der Waals surface area contributed by atoms with Crippen molar-refractivity contribution in [3.05, 3.63) is 34.0 Å². The van der Waals surface area contributed by atoms with Crippen LogP contribution in [0, 0.1) is 0 Å². The maximum atomic E-state index is 13.0. The van der Waals surface area contributed by atoms with E-state index < -0.39 is 47.4 Å². The molecule has 1 aromatic heterocycles. The molecule has 2 amide bonds. The fourth-order valence-electron chi connectivity index (χ4n) is 3.18. The van der Waals surface area contributed by atoms with Gasteiger partial charge in [-0.05, 0) is 32.4 Å². The van der Waals surface area contributed by atoms with Gasteiger partial charge in [0, 0.05) is 16.7 Å². The minimum absolute atomic E-state index is 0.0785. The average Bonchev–Trinajstić information content (AvgIpc) is 3.19. The molecule has 1 fully saturated rings. The number of hydrogen-bond donors (Lipinski definition) is 3. The number of esters is 1. The van der Waals surface area contributed by atoms with Gasteiger partial charge < -0.3 is 25.7 Å². The number of fused-ring (bicyclic) bond motifs is 1. The molecule has 0 aromatic carbocycles. The lowest BCUT2D eigenvalue weighted by molar-refractivity contribution is -0.160. The first kappa shape index (κ1) is 26.5. The molecule has 3 heterocycles. The predicted octanol–water partition coefficient (Wildman–Crippen LogP) is 1.28. The molecular formula is C20H22ClN5O7S2. The normalized spacial score (nSPS) is 20.4. The molecule has 12 nitrogen and oxygen atoms in total. The Bertz CT molecular complexity index is 1140. The monoisotopic (exact) mass is 543 g/mol. The highest BCUT2D eigenvalue weighted by molar-refractivity contribution is 8.00. The van der Waals surface area contributed by atoms with Gasteiger partial charge in [-0.15, -0.1) is 23.1 Å². The minimum Gasteiger partial charge on any atom is -0.477 e. The van der Waals surface area contributed by atoms with Crippen LogP contribution in [0.2, 0.25) is 0 Å². The van der Waals surface area contributed by atoms with Gasteiger partial charge in [-0.3, -0.25) is 14.5 Å². The Morgan fingerprint density at radius 3 is 2.71 bits per heavy atom. The Kier molecular flexibility index (Phi) is 8.07. The van der Waals surface area contributed by atoms with Crippen LogP contribution in [0.1, 0.15) is 26.5 Å². The number of rotatable bonds is 8. The van der Waals surface area contributed by atoms with E-state index in [-0.39, 0.29) is 28.0 Å². The molecule has 2 aliphatic rings. The maximum Gasteiger partial charge on any atom is 0.352 e. The molecule has 188 valence electrons. The van der Waals surface area contributed by atoms with Gasteiger partial charge in [0.25, 0.3) is 11.8 Å². The van der Waals surface area contributed by atoms with Crippen LogP contribution in [0.15, 0.2) is 33.4 Å². The second-order valence-electron chi connectivity index (χ2n) is 8.20. The molecule has 0 saturated carbocycles. The zero-order valence-corrected chi connectivity index (χ0v) is 21.2. The molecule has 3 rings (SSSR count). The van der Waals surface area contributed by atoms with Gasteiger partial charge in [0.1, 0.15) is 28.4 Å². The van der Waals surface area contributed by atoms with Crippen LogP contribution in [0.5, 0.6) is 0 Å². The summed E-state index contributed by atoms with van der Waals surface area (Å²) in [5.74, 6) is -3.13. The number of aromatic nitrogens is 1. The number of amides is 2. The van der Waals surface area contributed by atoms with Gasteiger partial charge in [0.2, 0.25) is 6.61 Å². The van der Waals surface area contributed by atoms with Crippen LogP contribution in [0.25, 0.3) is 0 Å². The van der Waals surface area contributed by atoms with Crippen molar-refractivity contribution in [3.8, 4) is 0 Å². The predicted molar refractivity (Wildman–Crippen MR) is 130 cm³/mol. The lowest BCUT2D eigenvalue weighted by Gasteiger charge is -2.49. The molecule has 0 bridgehead atoms. The molecule has 0 spiro atoms. The number of allylic oxidation sites excluding steroid dienone is 1. The van der Waals surface area contributed by atoms with E-state index >= 15 is 0 Å². The number of anilines is 1. The number of carbonyl (C=O) groups is 4. The number of nitrogens with one attached hydrogen (secondary N) is 1. The summed E-state index contributed by atoms with van der Waals surface area (Å²) in [5.41, 5.74) is 6.05. The van der Waals surface area contributed by atoms with Crippen LogP contribution >= 0.6 is 34.7 Å². The Morgan fingerprint density at radius 2 is 2.14 bits per heavy atom. The number of carboxylic acids is 1. The topological polar surface area (TPSA) is 174 Å². The van der Waals surface area contributed by atoms with Gasteiger partial charge in [-0.1, -0.05) is 16.8 Å². The SMILES string of the molecule is CC(C)(C)OC(=O)CO/N=C(\C(=O)NC1C(=O)N2C(C(=O)O)=C(/C=C/Cl)CS[C@H]12)c1csc(N)n1. The van der Waals surface area contributed by atoms with E-state index in [1.807, 2.05) is 0 Å². The summed E-state index contributed by atoms with van der Waals surface area (Å²) in [4.78, 5) is 59.5. The number of oxime groups is 1. The summed E-state index contributed by atoms with van der Waals surface area (Å²) in [6, 6.07) is -1.02. The van der Waals surface area contributed by atoms with E-state index in [0.717, 1.165) is 16.2 Å². The zero-order chi connectivity index (χ0) is 25.9. The highest BCUT2D eigenvalue weighted by atomic mass is 35.5. The highest BCUT2D eigenvalue weighted by Gasteiger charge is 2.54. The summed E-state index contributed by atoms with van der Waals surface area (Å²) in [6.45, 7) is 4.50. The molecule has 2 aliphatic heterocycles. The number of halogens is 1.